The summed E-state index contributed by atoms with van der Waals surface area (Å²) in [5.41, 5.74) is 0. The quantitative estimate of drug-likeness (QED) is 0.0171. The topological polar surface area (TPSA) is 231 Å². The number of unbranched alkanes of at least 4 members (excludes halogenated alkanes) is 25. The van der Waals surface area contributed by atoms with Crippen molar-refractivity contribution in [3.05, 3.63) is 48.6 Å². The first-order valence-corrected chi connectivity index (χ1v) is 29.7. The van der Waals surface area contributed by atoms with Crippen LogP contribution in [0.1, 0.15) is 226 Å². The number of rotatable bonds is 47. The van der Waals surface area contributed by atoms with Gasteiger partial charge in [-0.05, 0) is 51.4 Å². The Balaban J connectivity index is 1.75. The maximum Gasteiger partial charge on any atom is 0.306 e. The summed E-state index contributed by atoms with van der Waals surface area (Å²) in [7, 11) is 0. The van der Waals surface area contributed by atoms with Crippen molar-refractivity contribution in [2.75, 3.05) is 26.4 Å². The van der Waals surface area contributed by atoms with E-state index in [0.717, 1.165) is 77.0 Å². The Hall–Kier alpha value is -2.54. The van der Waals surface area contributed by atoms with Gasteiger partial charge in [0.25, 0.3) is 0 Å². The highest BCUT2D eigenvalue weighted by Crippen LogP contribution is 2.27. The van der Waals surface area contributed by atoms with Crippen LogP contribution in [0.15, 0.2) is 48.6 Å². The molecule has 436 valence electrons. The van der Waals surface area contributed by atoms with Crippen LogP contribution in [0, 0.1) is 0 Å². The van der Waals surface area contributed by atoms with Crippen LogP contribution in [-0.4, -0.2) is 142 Å². The van der Waals surface area contributed by atoms with E-state index in [4.69, 9.17) is 28.4 Å². The van der Waals surface area contributed by atoms with E-state index in [0.29, 0.717) is 12.8 Å². The monoisotopic (exact) mass is 1070 g/mol. The highest BCUT2D eigenvalue weighted by Gasteiger charge is 2.47. The van der Waals surface area contributed by atoms with Gasteiger partial charge in [-0.1, -0.05) is 210 Å². The SMILES string of the molecule is CC/C=C\C/C=C\C/C=C\C/C=C\CCCCCCCCCCC(=O)OC(COC(=O)CCCCCCCCCCCCCCCCCCCC)COC1OC(COC2OC(CO)C(O)C(O)C2O)C(O)C(O)C1O. The third kappa shape index (κ3) is 33.5. The normalized spacial score (nSPS) is 24.8. The van der Waals surface area contributed by atoms with Crippen LogP contribution in [-0.2, 0) is 38.0 Å². The average Bonchev–Trinajstić information content (AvgIpc) is 3.40. The largest absolute Gasteiger partial charge is 0.462 e. The number of aliphatic hydroxyl groups is 7. The van der Waals surface area contributed by atoms with E-state index in [1.165, 1.54) is 109 Å². The van der Waals surface area contributed by atoms with Crippen molar-refractivity contribution < 1.29 is 73.8 Å². The van der Waals surface area contributed by atoms with Crippen molar-refractivity contribution in [1.29, 1.82) is 0 Å². The molecule has 0 amide bonds. The van der Waals surface area contributed by atoms with Gasteiger partial charge in [0.2, 0.25) is 0 Å². The van der Waals surface area contributed by atoms with Crippen LogP contribution < -0.4 is 0 Å². The minimum atomic E-state index is -1.77. The highest BCUT2D eigenvalue weighted by molar-refractivity contribution is 5.70. The second-order valence-electron chi connectivity index (χ2n) is 20.8. The van der Waals surface area contributed by atoms with Gasteiger partial charge in [-0.2, -0.15) is 0 Å². The van der Waals surface area contributed by atoms with E-state index >= 15 is 0 Å². The van der Waals surface area contributed by atoms with Crippen LogP contribution in [0.2, 0.25) is 0 Å². The number of esters is 2. The smallest absolute Gasteiger partial charge is 0.306 e. The number of allylic oxidation sites excluding steroid dienone is 8. The molecule has 11 unspecified atom stereocenters. The Labute approximate surface area is 452 Å². The Bertz CT molecular complexity index is 1490. The standard InChI is InChI=1S/C60H106O15/c1-3-5-7-9-11-13-15-17-19-21-23-24-25-27-29-31-33-35-37-39-41-43-52(63)73-48(45-70-51(62)42-40-38-36-34-32-30-28-26-22-20-18-16-14-12-10-8-6-4-2)46-71-59-58(69)56(67)54(65)50(75-59)47-72-60-57(68)55(66)53(64)49(44-61)74-60/h5,7,11,13,17,19,23-24,48-50,53-61,64-69H,3-4,6,8-10,12,14-16,18,20-22,25-47H2,1-2H3/b7-5-,13-11-,19-17-,24-23-. The molecule has 11 atom stereocenters. The van der Waals surface area contributed by atoms with Crippen LogP contribution in [0.5, 0.6) is 0 Å². The molecule has 0 radical (unpaired) electrons. The van der Waals surface area contributed by atoms with Crippen molar-refractivity contribution in [2.45, 2.75) is 293 Å². The number of carbonyl (C=O) groups is 2. The van der Waals surface area contributed by atoms with Gasteiger partial charge in [-0.25, -0.2) is 0 Å². The zero-order valence-electron chi connectivity index (χ0n) is 46.5. The molecule has 15 heteroatoms. The van der Waals surface area contributed by atoms with Crippen LogP contribution >= 0.6 is 0 Å². The van der Waals surface area contributed by atoms with Gasteiger partial charge in [0.05, 0.1) is 19.8 Å². The maximum absolute atomic E-state index is 13.1. The zero-order chi connectivity index (χ0) is 54.6. The summed E-state index contributed by atoms with van der Waals surface area (Å²) in [5, 5.41) is 72.3. The predicted octanol–water partition coefficient (Wildman–Crippen LogP) is 10.2. The van der Waals surface area contributed by atoms with Crippen LogP contribution in [0.4, 0.5) is 0 Å². The van der Waals surface area contributed by atoms with Crippen molar-refractivity contribution in [1.82, 2.24) is 0 Å². The molecule has 7 N–H and O–H groups in total. The van der Waals surface area contributed by atoms with E-state index in [-0.39, 0.29) is 26.1 Å². The zero-order valence-corrected chi connectivity index (χ0v) is 46.5. The van der Waals surface area contributed by atoms with Crippen molar-refractivity contribution in [2.24, 2.45) is 0 Å². The van der Waals surface area contributed by atoms with Gasteiger partial charge in [-0.15, -0.1) is 0 Å². The second kappa shape index (κ2) is 46.4. The predicted molar refractivity (Wildman–Crippen MR) is 293 cm³/mol. The summed E-state index contributed by atoms with van der Waals surface area (Å²) in [6, 6.07) is 0. The second-order valence-corrected chi connectivity index (χ2v) is 20.8. The molecule has 0 saturated carbocycles. The molecule has 0 bridgehead atoms. The minimum absolute atomic E-state index is 0.156. The van der Waals surface area contributed by atoms with Gasteiger partial charge >= 0.3 is 11.9 Å². The summed E-state index contributed by atoms with van der Waals surface area (Å²) in [5.74, 6) is -0.925. The number of aliphatic hydroxyl groups excluding tert-OH is 7. The molecule has 2 fully saturated rings. The Morgan fingerprint density at radius 1 is 0.440 bits per heavy atom. The lowest BCUT2D eigenvalue weighted by molar-refractivity contribution is -0.332. The summed E-state index contributed by atoms with van der Waals surface area (Å²) in [6.45, 7) is 2.51. The van der Waals surface area contributed by atoms with Gasteiger partial charge in [0, 0.05) is 12.8 Å². The van der Waals surface area contributed by atoms with E-state index in [1.807, 2.05) is 0 Å². The van der Waals surface area contributed by atoms with E-state index in [2.05, 4.69) is 62.5 Å². The number of hydrogen-bond donors (Lipinski definition) is 7. The average molecular weight is 1070 g/mol. The number of carbonyl (C=O) groups excluding carboxylic acids is 2. The van der Waals surface area contributed by atoms with Gasteiger partial charge in [-0.3, -0.25) is 9.59 Å². The lowest BCUT2D eigenvalue weighted by Crippen LogP contribution is -2.61. The molecule has 0 aromatic heterocycles. The Kier molecular flexibility index (Phi) is 42.4. The lowest BCUT2D eigenvalue weighted by Gasteiger charge is -2.42. The summed E-state index contributed by atoms with van der Waals surface area (Å²) in [4.78, 5) is 25.9. The summed E-state index contributed by atoms with van der Waals surface area (Å²) >= 11 is 0. The number of hydrogen-bond acceptors (Lipinski definition) is 15. The molecule has 2 rings (SSSR count). The molecule has 2 saturated heterocycles. The first-order valence-electron chi connectivity index (χ1n) is 29.7. The van der Waals surface area contributed by atoms with Crippen molar-refractivity contribution in [3.63, 3.8) is 0 Å². The summed E-state index contributed by atoms with van der Waals surface area (Å²) in [6.07, 6.45) is 36.9. The molecule has 15 nitrogen and oxygen atoms in total. The molecule has 0 aromatic carbocycles. The minimum Gasteiger partial charge on any atom is -0.462 e. The molecule has 0 aromatic rings. The Morgan fingerprint density at radius 2 is 0.840 bits per heavy atom. The molecule has 2 aliphatic rings. The van der Waals surface area contributed by atoms with E-state index < -0.39 is 92.7 Å². The van der Waals surface area contributed by atoms with Gasteiger partial charge in [0.15, 0.2) is 18.7 Å². The van der Waals surface area contributed by atoms with Gasteiger partial charge < -0.3 is 64.2 Å². The maximum atomic E-state index is 13.1. The van der Waals surface area contributed by atoms with Crippen LogP contribution in [0.25, 0.3) is 0 Å². The fraction of sp³-hybridized carbons (Fsp3) is 0.833. The first kappa shape index (κ1) is 68.6. The molecular formula is C60H106O15. The molecular weight excluding hydrogens is 961 g/mol. The van der Waals surface area contributed by atoms with E-state index in [9.17, 15) is 45.3 Å². The fourth-order valence-electron chi connectivity index (χ4n) is 9.27. The molecule has 2 heterocycles. The van der Waals surface area contributed by atoms with E-state index in [1.54, 1.807) is 0 Å². The summed E-state index contributed by atoms with van der Waals surface area (Å²) < 4.78 is 33.7. The molecule has 75 heavy (non-hydrogen) atoms. The van der Waals surface area contributed by atoms with Crippen molar-refractivity contribution >= 4 is 11.9 Å². The third-order valence-electron chi connectivity index (χ3n) is 14.1. The number of ether oxygens (including phenoxy) is 6. The molecule has 2 aliphatic heterocycles. The first-order chi connectivity index (χ1) is 36.5. The van der Waals surface area contributed by atoms with Gasteiger partial charge in [0.1, 0.15) is 55.4 Å². The van der Waals surface area contributed by atoms with Crippen LogP contribution in [0.3, 0.4) is 0 Å². The Morgan fingerprint density at radius 3 is 1.32 bits per heavy atom. The fourth-order valence-corrected chi connectivity index (χ4v) is 9.27. The highest BCUT2D eigenvalue weighted by atomic mass is 16.7. The molecule has 0 spiro atoms. The lowest BCUT2D eigenvalue weighted by atomic mass is 9.98. The third-order valence-corrected chi connectivity index (χ3v) is 14.1. The van der Waals surface area contributed by atoms with Crippen molar-refractivity contribution in [3.8, 4) is 0 Å². The molecule has 0 aliphatic carbocycles.